The quantitative estimate of drug-likeness (QED) is 0.797. The number of hydrogen-bond donors (Lipinski definition) is 1. The van der Waals surface area contributed by atoms with Gasteiger partial charge in [0, 0.05) is 24.8 Å². The summed E-state index contributed by atoms with van der Waals surface area (Å²) in [7, 11) is 0. The van der Waals surface area contributed by atoms with Gasteiger partial charge in [-0.25, -0.2) is 0 Å². The Morgan fingerprint density at radius 1 is 1.25 bits per heavy atom. The van der Waals surface area contributed by atoms with Gasteiger partial charge in [0.15, 0.2) is 0 Å². The van der Waals surface area contributed by atoms with E-state index in [2.05, 4.69) is 9.88 Å². The molecule has 0 amide bonds. The molecule has 2 heterocycles. The van der Waals surface area contributed by atoms with Crippen molar-refractivity contribution < 1.29 is 0 Å². The summed E-state index contributed by atoms with van der Waals surface area (Å²) in [6.45, 7) is 2.17. The van der Waals surface area contributed by atoms with Gasteiger partial charge in [0.2, 0.25) is 0 Å². The van der Waals surface area contributed by atoms with E-state index in [1.54, 1.807) is 6.20 Å². The van der Waals surface area contributed by atoms with Gasteiger partial charge in [0.1, 0.15) is 4.99 Å². The number of pyridine rings is 1. The van der Waals surface area contributed by atoms with Crippen molar-refractivity contribution in [2.45, 2.75) is 25.7 Å². The van der Waals surface area contributed by atoms with Crippen LogP contribution >= 0.6 is 12.2 Å². The van der Waals surface area contributed by atoms with Gasteiger partial charge < -0.3 is 10.6 Å². The van der Waals surface area contributed by atoms with Crippen molar-refractivity contribution in [3.8, 4) is 0 Å². The first-order valence-electron chi connectivity index (χ1n) is 5.78. The van der Waals surface area contributed by atoms with Crippen LogP contribution in [-0.2, 0) is 0 Å². The Balaban J connectivity index is 2.27. The van der Waals surface area contributed by atoms with E-state index >= 15 is 0 Å². The zero-order chi connectivity index (χ0) is 11.4. The zero-order valence-corrected chi connectivity index (χ0v) is 10.2. The lowest BCUT2D eigenvalue weighted by molar-refractivity contribution is 0.726. The lowest BCUT2D eigenvalue weighted by atomic mass is 10.2. The van der Waals surface area contributed by atoms with Gasteiger partial charge in [-0.3, -0.25) is 4.98 Å². The summed E-state index contributed by atoms with van der Waals surface area (Å²) >= 11 is 5.08. The highest BCUT2D eigenvalue weighted by Gasteiger charge is 2.14. The molecule has 1 aromatic heterocycles. The van der Waals surface area contributed by atoms with E-state index in [1.165, 1.54) is 25.7 Å². The molecule has 0 unspecified atom stereocenters. The van der Waals surface area contributed by atoms with Gasteiger partial charge in [0.25, 0.3) is 0 Å². The van der Waals surface area contributed by atoms with Crippen molar-refractivity contribution in [2.24, 2.45) is 5.73 Å². The highest BCUT2D eigenvalue weighted by Crippen LogP contribution is 2.22. The first-order chi connectivity index (χ1) is 7.79. The molecule has 1 aliphatic rings. The molecule has 3 nitrogen and oxygen atoms in total. The van der Waals surface area contributed by atoms with Gasteiger partial charge in [0.05, 0.1) is 11.9 Å². The number of rotatable bonds is 2. The van der Waals surface area contributed by atoms with Crippen LogP contribution in [0.1, 0.15) is 31.2 Å². The molecule has 0 radical (unpaired) electrons. The third kappa shape index (κ3) is 2.50. The summed E-state index contributed by atoms with van der Waals surface area (Å²) in [6, 6.07) is 1.91. The number of nitrogens with two attached hydrogens (primary N) is 1. The second-order valence-electron chi connectivity index (χ2n) is 4.16. The molecule has 0 bridgehead atoms. The molecule has 2 rings (SSSR count). The molecule has 1 aliphatic heterocycles. The first kappa shape index (κ1) is 11.3. The summed E-state index contributed by atoms with van der Waals surface area (Å²) < 4.78 is 0. The van der Waals surface area contributed by atoms with Crippen LogP contribution in [0.5, 0.6) is 0 Å². The number of nitrogens with zero attached hydrogens (tertiary/aromatic N) is 2. The van der Waals surface area contributed by atoms with Crippen LogP contribution in [0.3, 0.4) is 0 Å². The monoisotopic (exact) mass is 235 g/mol. The Morgan fingerprint density at radius 3 is 2.56 bits per heavy atom. The summed E-state index contributed by atoms with van der Waals surface area (Å²) in [5.74, 6) is 0. The van der Waals surface area contributed by atoms with Crippen molar-refractivity contribution in [1.29, 1.82) is 0 Å². The Kier molecular flexibility index (Phi) is 3.72. The molecule has 0 spiro atoms. The molecule has 0 atom stereocenters. The minimum absolute atomic E-state index is 0.460. The molecule has 0 aliphatic carbocycles. The Bertz CT molecular complexity index is 370. The lowest BCUT2D eigenvalue weighted by Crippen LogP contribution is -2.27. The zero-order valence-electron chi connectivity index (χ0n) is 9.35. The SMILES string of the molecule is NC(=S)c1ccncc1N1CCCCCC1. The van der Waals surface area contributed by atoms with Crippen LogP contribution in [-0.4, -0.2) is 23.1 Å². The fourth-order valence-electron chi connectivity index (χ4n) is 2.16. The second-order valence-corrected chi connectivity index (χ2v) is 4.60. The Morgan fingerprint density at radius 2 is 1.94 bits per heavy atom. The van der Waals surface area contributed by atoms with Crippen LogP contribution < -0.4 is 10.6 Å². The van der Waals surface area contributed by atoms with Crippen LogP contribution in [0.4, 0.5) is 5.69 Å². The van der Waals surface area contributed by atoms with Gasteiger partial charge in [-0.05, 0) is 18.9 Å². The van der Waals surface area contributed by atoms with Crippen LogP contribution in [0.2, 0.25) is 0 Å². The fraction of sp³-hybridized carbons (Fsp3) is 0.500. The van der Waals surface area contributed by atoms with E-state index < -0.39 is 0 Å². The molecule has 2 N–H and O–H groups in total. The third-order valence-corrected chi connectivity index (χ3v) is 3.23. The summed E-state index contributed by atoms with van der Waals surface area (Å²) in [5.41, 5.74) is 7.78. The maximum atomic E-state index is 5.74. The largest absolute Gasteiger partial charge is 0.389 e. The van der Waals surface area contributed by atoms with E-state index in [-0.39, 0.29) is 0 Å². The van der Waals surface area contributed by atoms with Crippen molar-refractivity contribution in [2.75, 3.05) is 18.0 Å². The molecule has 86 valence electrons. The van der Waals surface area contributed by atoms with Gasteiger partial charge >= 0.3 is 0 Å². The van der Waals surface area contributed by atoms with E-state index in [0.717, 1.165) is 24.3 Å². The smallest absolute Gasteiger partial charge is 0.106 e. The average molecular weight is 235 g/mol. The van der Waals surface area contributed by atoms with Gasteiger partial charge in [-0.1, -0.05) is 25.1 Å². The Hall–Kier alpha value is -1.16. The molecule has 16 heavy (non-hydrogen) atoms. The van der Waals surface area contributed by atoms with E-state index in [4.69, 9.17) is 18.0 Å². The Labute approximate surface area is 102 Å². The van der Waals surface area contributed by atoms with Crippen molar-refractivity contribution in [3.05, 3.63) is 24.0 Å². The molecule has 0 saturated carbocycles. The third-order valence-electron chi connectivity index (χ3n) is 3.01. The minimum Gasteiger partial charge on any atom is -0.389 e. The molecule has 1 saturated heterocycles. The molecule has 1 fully saturated rings. The van der Waals surface area contributed by atoms with E-state index in [0.29, 0.717) is 4.99 Å². The van der Waals surface area contributed by atoms with Crippen LogP contribution in [0.25, 0.3) is 0 Å². The minimum atomic E-state index is 0.460. The standard InChI is InChI=1S/C12H17N3S/c13-12(16)10-5-6-14-9-11(10)15-7-3-1-2-4-8-15/h5-6,9H,1-4,7-8H2,(H2,13,16). The average Bonchev–Trinajstić information content (AvgIpc) is 2.57. The van der Waals surface area contributed by atoms with Gasteiger partial charge in [-0.2, -0.15) is 0 Å². The predicted octanol–water partition coefficient (Wildman–Crippen LogP) is 2.10. The highest BCUT2D eigenvalue weighted by atomic mass is 32.1. The number of thiocarbonyl (C=S) groups is 1. The maximum absolute atomic E-state index is 5.74. The first-order valence-corrected chi connectivity index (χ1v) is 6.18. The summed E-state index contributed by atoms with van der Waals surface area (Å²) in [4.78, 5) is 6.99. The second kappa shape index (κ2) is 5.25. The number of hydrogen-bond acceptors (Lipinski definition) is 3. The lowest BCUT2D eigenvalue weighted by Gasteiger charge is -2.24. The molecule has 0 aromatic carbocycles. The number of anilines is 1. The van der Waals surface area contributed by atoms with E-state index in [9.17, 15) is 0 Å². The molecular formula is C12H17N3S. The van der Waals surface area contributed by atoms with Gasteiger partial charge in [-0.15, -0.1) is 0 Å². The van der Waals surface area contributed by atoms with Crippen LogP contribution in [0.15, 0.2) is 18.5 Å². The van der Waals surface area contributed by atoms with Crippen molar-refractivity contribution in [1.82, 2.24) is 4.98 Å². The normalized spacial score (nSPS) is 16.9. The topological polar surface area (TPSA) is 42.1 Å². The van der Waals surface area contributed by atoms with Crippen LogP contribution in [0, 0.1) is 0 Å². The fourth-order valence-corrected chi connectivity index (χ4v) is 2.33. The maximum Gasteiger partial charge on any atom is 0.106 e. The van der Waals surface area contributed by atoms with Crippen molar-refractivity contribution >= 4 is 22.9 Å². The predicted molar refractivity (Wildman–Crippen MR) is 70.8 cm³/mol. The van der Waals surface area contributed by atoms with E-state index in [1.807, 2.05) is 12.3 Å². The highest BCUT2D eigenvalue weighted by molar-refractivity contribution is 7.80. The summed E-state index contributed by atoms with van der Waals surface area (Å²) in [5, 5.41) is 0. The molecule has 1 aromatic rings. The number of aromatic nitrogens is 1. The van der Waals surface area contributed by atoms with Crippen molar-refractivity contribution in [3.63, 3.8) is 0 Å². The molecule has 4 heteroatoms. The summed E-state index contributed by atoms with van der Waals surface area (Å²) in [6.07, 6.45) is 8.74. The molecular weight excluding hydrogens is 218 g/mol.